The largest absolute Gasteiger partial charge is 0.359 e. The fourth-order valence-electron chi connectivity index (χ4n) is 2.98. The van der Waals surface area contributed by atoms with Crippen LogP contribution in [-0.4, -0.2) is 65.2 Å². The first kappa shape index (κ1) is 15.4. The summed E-state index contributed by atoms with van der Waals surface area (Å²) in [5.41, 5.74) is -0.207. The predicted molar refractivity (Wildman–Crippen MR) is 77.8 cm³/mol. The molecule has 2 aliphatic heterocycles. The first-order valence-electron chi connectivity index (χ1n) is 7.42. The Hall–Kier alpha value is -2.51. The standard InChI is InChI=1S/C15H17FN4O3/c1-17-14(22)9-5-12(21)20(6-9)10-7-19(8-10)15(23)13-11(16)3-2-4-18-13/h2-4,9-10H,5-8H2,1H3,(H,17,22). The van der Waals surface area contributed by atoms with E-state index < -0.39 is 11.7 Å². The summed E-state index contributed by atoms with van der Waals surface area (Å²) in [6, 6.07) is 2.50. The summed E-state index contributed by atoms with van der Waals surface area (Å²) in [6.07, 6.45) is 1.56. The summed E-state index contributed by atoms with van der Waals surface area (Å²) in [5, 5.41) is 2.55. The number of halogens is 1. The van der Waals surface area contributed by atoms with E-state index in [2.05, 4.69) is 10.3 Å². The minimum absolute atomic E-state index is 0.0836. The van der Waals surface area contributed by atoms with Crippen LogP contribution in [0.5, 0.6) is 0 Å². The van der Waals surface area contributed by atoms with E-state index in [9.17, 15) is 18.8 Å². The molecule has 3 heterocycles. The van der Waals surface area contributed by atoms with Gasteiger partial charge in [-0.1, -0.05) is 0 Å². The van der Waals surface area contributed by atoms with Crippen molar-refractivity contribution in [2.75, 3.05) is 26.7 Å². The van der Waals surface area contributed by atoms with Crippen LogP contribution < -0.4 is 5.32 Å². The number of hydrogen-bond acceptors (Lipinski definition) is 4. The van der Waals surface area contributed by atoms with E-state index in [1.165, 1.54) is 23.2 Å². The lowest BCUT2D eigenvalue weighted by atomic mass is 10.1. The highest BCUT2D eigenvalue weighted by Crippen LogP contribution is 2.26. The molecule has 1 aromatic rings. The molecule has 7 nitrogen and oxygen atoms in total. The van der Waals surface area contributed by atoms with Gasteiger partial charge in [0.15, 0.2) is 11.5 Å². The number of amides is 3. The van der Waals surface area contributed by atoms with Gasteiger partial charge in [0.25, 0.3) is 5.91 Å². The van der Waals surface area contributed by atoms with Crippen LogP contribution >= 0.6 is 0 Å². The second-order valence-electron chi connectivity index (χ2n) is 5.76. The zero-order valence-corrected chi connectivity index (χ0v) is 12.7. The van der Waals surface area contributed by atoms with E-state index in [0.717, 1.165) is 0 Å². The molecule has 1 unspecified atom stereocenters. The number of rotatable bonds is 3. The maximum atomic E-state index is 13.6. The smallest absolute Gasteiger partial charge is 0.275 e. The van der Waals surface area contributed by atoms with Crippen LogP contribution in [0.15, 0.2) is 18.3 Å². The number of likely N-dealkylation sites (tertiary alicyclic amines) is 2. The van der Waals surface area contributed by atoms with Crippen molar-refractivity contribution in [1.82, 2.24) is 20.1 Å². The summed E-state index contributed by atoms with van der Waals surface area (Å²) >= 11 is 0. The molecule has 0 saturated carbocycles. The summed E-state index contributed by atoms with van der Waals surface area (Å²) < 4.78 is 13.6. The molecule has 0 bridgehead atoms. The Labute approximate surface area is 132 Å². The number of carbonyl (C=O) groups excluding carboxylic acids is 3. The van der Waals surface area contributed by atoms with Crippen LogP contribution in [0.3, 0.4) is 0 Å². The fraction of sp³-hybridized carbons (Fsp3) is 0.467. The van der Waals surface area contributed by atoms with E-state index in [1.54, 1.807) is 11.9 Å². The first-order chi connectivity index (χ1) is 11.0. The molecule has 1 aromatic heterocycles. The third kappa shape index (κ3) is 2.76. The Balaban J connectivity index is 1.59. The molecular formula is C15H17FN4O3. The van der Waals surface area contributed by atoms with Gasteiger partial charge in [-0.2, -0.15) is 0 Å². The lowest BCUT2D eigenvalue weighted by Crippen LogP contribution is -2.61. The molecule has 3 rings (SSSR count). The second-order valence-corrected chi connectivity index (χ2v) is 5.76. The van der Waals surface area contributed by atoms with Crippen molar-refractivity contribution in [2.45, 2.75) is 12.5 Å². The molecule has 122 valence electrons. The average Bonchev–Trinajstić information content (AvgIpc) is 2.87. The lowest BCUT2D eigenvalue weighted by Gasteiger charge is -2.43. The molecule has 8 heteroatoms. The molecule has 23 heavy (non-hydrogen) atoms. The molecule has 0 aromatic carbocycles. The van der Waals surface area contributed by atoms with Crippen LogP contribution in [0, 0.1) is 11.7 Å². The highest BCUT2D eigenvalue weighted by molar-refractivity contribution is 5.93. The van der Waals surface area contributed by atoms with Gasteiger partial charge in [-0.05, 0) is 12.1 Å². The fourth-order valence-corrected chi connectivity index (χ4v) is 2.98. The molecule has 2 saturated heterocycles. The van der Waals surface area contributed by atoms with Crippen molar-refractivity contribution in [3.63, 3.8) is 0 Å². The van der Waals surface area contributed by atoms with Crippen LogP contribution in [0.4, 0.5) is 4.39 Å². The van der Waals surface area contributed by atoms with E-state index in [4.69, 9.17) is 0 Å². The lowest BCUT2D eigenvalue weighted by molar-refractivity contribution is -0.132. The average molecular weight is 320 g/mol. The van der Waals surface area contributed by atoms with Gasteiger partial charge in [0.1, 0.15) is 0 Å². The third-order valence-electron chi connectivity index (χ3n) is 4.33. The minimum atomic E-state index is -0.655. The molecule has 0 aliphatic carbocycles. The van der Waals surface area contributed by atoms with Crippen molar-refractivity contribution in [1.29, 1.82) is 0 Å². The van der Waals surface area contributed by atoms with Crippen LogP contribution in [-0.2, 0) is 9.59 Å². The number of pyridine rings is 1. The molecule has 3 amide bonds. The molecule has 1 atom stereocenters. The minimum Gasteiger partial charge on any atom is -0.359 e. The summed E-state index contributed by atoms with van der Waals surface area (Å²) in [7, 11) is 1.54. The van der Waals surface area contributed by atoms with Crippen molar-refractivity contribution < 1.29 is 18.8 Å². The zero-order chi connectivity index (χ0) is 16.6. The number of nitrogens with one attached hydrogen (secondary N) is 1. The van der Waals surface area contributed by atoms with Gasteiger partial charge >= 0.3 is 0 Å². The Morgan fingerprint density at radius 3 is 2.74 bits per heavy atom. The number of carbonyl (C=O) groups is 3. The highest BCUT2D eigenvalue weighted by atomic mass is 19.1. The van der Waals surface area contributed by atoms with Gasteiger partial charge in [-0.15, -0.1) is 0 Å². The van der Waals surface area contributed by atoms with Crippen molar-refractivity contribution in [3.8, 4) is 0 Å². The Kier molecular flexibility index (Phi) is 3.97. The molecular weight excluding hydrogens is 303 g/mol. The first-order valence-corrected chi connectivity index (χ1v) is 7.42. The van der Waals surface area contributed by atoms with Crippen LogP contribution in [0.2, 0.25) is 0 Å². The molecule has 2 fully saturated rings. The van der Waals surface area contributed by atoms with Gasteiger partial charge in [-0.25, -0.2) is 9.37 Å². The molecule has 0 spiro atoms. The monoisotopic (exact) mass is 320 g/mol. The predicted octanol–water partition coefficient (Wildman–Crippen LogP) is -0.360. The maximum absolute atomic E-state index is 13.6. The number of hydrogen-bond donors (Lipinski definition) is 1. The summed E-state index contributed by atoms with van der Waals surface area (Å²) in [4.78, 5) is 42.7. The Bertz CT molecular complexity index is 660. The normalized spacial score (nSPS) is 21.3. The molecule has 2 aliphatic rings. The van der Waals surface area contributed by atoms with Gasteiger partial charge in [0.2, 0.25) is 11.8 Å². The quantitative estimate of drug-likeness (QED) is 0.824. The van der Waals surface area contributed by atoms with Gasteiger partial charge in [0, 0.05) is 39.3 Å². The van der Waals surface area contributed by atoms with E-state index in [0.29, 0.717) is 19.6 Å². The van der Waals surface area contributed by atoms with Gasteiger partial charge in [-0.3, -0.25) is 14.4 Å². The maximum Gasteiger partial charge on any atom is 0.275 e. The van der Waals surface area contributed by atoms with E-state index in [1.807, 2.05) is 0 Å². The Morgan fingerprint density at radius 1 is 1.35 bits per heavy atom. The topological polar surface area (TPSA) is 82.6 Å². The summed E-state index contributed by atoms with van der Waals surface area (Å²) in [6.45, 7) is 1.03. The SMILES string of the molecule is CNC(=O)C1CC(=O)N(C2CN(C(=O)c3ncccc3F)C2)C1. The highest BCUT2D eigenvalue weighted by Gasteiger charge is 2.43. The zero-order valence-electron chi connectivity index (χ0n) is 12.7. The van der Waals surface area contributed by atoms with Crippen molar-refractivity contribution >= 4 is 17.7 Å². The summed E-state index contributed by atoms with van der Waals surface area (Å²) in [5.74, 6) is -1.71. The molecule has 0 radical (unpaired) electrons. The Morgan fingerprint density at radius 2 is 2.09 bits per heavy atom. The molecule has 1 N–H and O–H groups in total. The van der Waals surface area contributed by atoms with Crippen molar-refractivity contribution in [2.24, 2.45) is 5.92 Å². The van der Waals surface area contributed by atoms with E-state index >= 15 is 0 Å². The van der Waals surface area contributed by atoms with Crippen LogP contribution in [0.25, 0.3) is 0 Å². The second kappa shape index (κ2) is 5.94. The van der Waals surface area contributed by atoms with Gasteiger partial charge in [0.05, 0.1) is 12.0 Å². The van der Waals surface area contributed by atoms with Crippen molar-refractivity contribution in [3.05, 3.63) is 29.8 Å². The number of aromatic nitrogens is 1. The third-order valence-corrected chi connectivity index (χ3v) is 4.33. The van der Waals surface area contributed by atoms with Crippen LogP contribution in [0.1, 0.15) is 16.9 Å². The van der Waals surface area contributed by atoms with E-state index in [-0.39, 0.29) is 35.9 Å². The van der Waals surface area contributed by atoms with Gasteiger partial charge < -0.3 is 15.1 Å². The number of nitrogens with zero attached hydrogens (tertiary/aromatic N) is 3.